The van der Waals surface area contributed by atoms with E-state index >= 15 is 0 Å². The van der Waals surface area contributed by atoms with Gasteiger partial charge in [0.25, 0.3) is 0 Å². The second kappa shape index (κ2) is 6.78. The Morgan fingerprint density at radius 1 is 1.36 bits per heavy atom. The minimum Gasteiger partial charge on any atom is -0.396 e. The molecule has 0 spiro atoms. The maximum absolute atomic E-state index is 12.3. The summed E-state index contributed by atoms with van der Waals surface area (Å²) in [6, 6.07) is 8.00. The molecule has 0 amide bonds. The quantitative estimate of drug-likeness (QED) is 0.887. The first-order valence-electron chi connectivity index (χ1n) is 7.45. The van der Waals surface area contributed by atoms with Gasteiger partial charge in [-0.2, -0.15) is 5.26 Å². The molecule has 1 unspecified atom stereocenters. The van der Waals surface area contributed by atoms with Crippen LogP contribution in [0.25, 0.3) is 0 Å². The average molecular weight is 322 g/mol. The van der Waals surface area contributed by atoms with E-state index in [4.69, 9.17) is 5.26 Å². The number of nitriles is 1. The Kier molecular flexibility index (Phi) is 5.22. The fourth-order valence-electron chi connectivity index (χ4n) is 2.85. The zero-order valence-corrected chi connectivity index (χ0v) is 13.6. The molecule has 0 aliphatic carbocycles. The predicted molar refractivity (Wildman–Crippen MR) is 84.1 cm³/mol. The van der Waals surface area contributed by atoms with Gasteiger partial charge in [0.1, 0.15) is 0 Å². The number of hydrogen-bond acceptors (Lipinski definition) is 5. The molecule has 22 heavy (non-hydrogen) atoms. The van der Waals surface area contributed by atoms with Gasteiger partial charge in [-0.05, 0) is 43.7 Å². The molecule has 0 radical (unpaired) electrons. The number of nitrogens with zero attached hydrogens (tertiary/aromatic N) is 2. The van der Waals surface area contributed by atoms with E-state index in [1.807, 2.05) is 13.0 Å². The normalized spacial score (nSPS) is 23.1. The van der Waals surface area contributed by atoms with E-state index < -0.39 is 9.84 Å². The van der Waals surface area contributed by atoms with E-state index in [0.717, 1.165) is 25.9 Å². The van der Waals surface area contributed by atoms with Crippen molar-refractivity contribution in [1.82, 2.24) is 4.90 Å². The Bertz CT molecular complexity index is 649. The van der Waals surface area contributed by atoms with Crippen LogP contribution in [0.1, 0.15) is 25.3 Å². The molecule has 1 aromatic rings. The Balaban J connectivity index is 1.99. The predicted octanol–water partition coefficient (Wildman–Crippen LogP) is 1.43. The Hall–Kier alpha value is -1.42. The van der Waals surface area contributed by atoms with Crippen LogP contribution in [0.3, 0.4) is 0 Å². The summed E-state index contributed by atoms with van der Waals surface area (Å²) in [6.45, 7) is 4.24. The molecule has 0 saturated carbocycles. The molecule has 1 aromatic carbocycles. The van der Waals surface area contributed by atoms with Gasteiger partial charge in [-0.15, -0.1) is 0 Å². The monoisotopic (exact) mass is 322 g/mol. The summed E-state index contributed by atoms with van der Waals surface area (Å²) < 4.78 is 24.7. The van der Waals surface area contributed by atoms with Gasteiger partial charge in [0.15, 0.2) is 9.84 Å². The second-order valence-corrected chi connectivity index (χ2v) is 8.41. The van der Waals surface area contributed by atoms with Gasteiger partial charge in [-0.1, -0.05) is 6.92 Å². The lowest BCUT2D eigenvalue weighted by Gasteiger charge is -2.39. The fourth-order valence-corrected chi connectivity index (χ4v) is 4.14. The smallest absolute Gasteiger partial charge is 0.179 e. The lowest BCUT2D eigenvalue weighted by atomic mass is 9.83. The van der Waals surface area contributed by atoms with Gasteiger partial charge in [-0.25, -0.2) is 8.42 Å². The Morgan fingerprint density at radius 2 is 2.05 bits per heavy atom. The van der Waals surface area contributed by atoms with Gasteiger partial charge in [0.05, 0.1) is 22.3 Å². The standard InChI is InChI=1S/C16H22N2O3S/c1-16(13-19)7-2-8-18(12-16)9-10-22(20,21)15-5-3-14(11-17)4-6-15/h3-6,19H,2,7-10,12-13H2,1H3. The van der Waals surface area contributed by atoms with Crippen LogP contribution in [-0.2, 0) is 9.84 Å². The van der Waals surface area contributed by atoms with Gasteiger partial charge in [-0.3, -0.25) is 0 Å². The molecular formula is C16H22N2O3S. The molecule has 120 valence electrons. The van der Waals surface area contributed by atoms with E-state index in [2.05, 4.69) is 4.90 Å². The van der Waals surface area contributed by atoms with Crippen molar-refractivity contribution in [3.8, 4) is 6.07 Å². The summed E-state index contributed by atoms with van der Waals surface area (Å²) in [5, 5.41) is 18.2. The summed E-state index contributed by atoms with van der Waals surface area (Å²) in [4.78, 5) is 2.37. The third-order valence-corrected chi connectivity index (χ3v) is 5.97. The highest BCUT2D eigenvalue weighted by Gasteiger charge is 2.30. The van der Waals surface area contributed by atoms with Gasteiger partial charge in [0, 0.05) is 25.1 Å². The SMILES string of the molecule is CC1(CO)CCCN(CCS(=O)(=O)c2ccc(C#N)cc2)C1. The zero-order chi connectivity index (χ0) is 16.2. The van der Waals surface area contributed by atoms with Gasteiger partial charge >= 0.3 is 0 Å². The van der Waals surface area contributed by atoms with Crippen molar-refractivity contribution >= 4 is 9.84 Å². The molecule has 1 fully saturated rings. The number of hydrogen-bond donors (Lipinski definition) is 1. The van der Waals surface area contributed by atoms with Crippen molar-refractivity contribution in [3.05, 3.63) is 29.8 Å². The molecule has 1 N–H and O–H groups in total. The topological polar surface area (TPSA) is 81.4 Å². The zero-order valence-electron chi connectivity index (χ0n) is 12.8. The first-order valence-corrected chi connectivity index (χ1v) is 9.10. The van der Waals surface area contributed by atoms with Crippen molar-refractivity contribution in [2.75, 3.05) is 32.0 Å². The number of sulfone groups is 1. The lowest BCUT2D eigenvalue weighted by molar-refractivity contribution is 0.0497. The molecule has 1 atom stereocenters. The van der Waals surface area contributed by atoms with Crippen LogP contribution in [-0.4, -0.2) is 50.4 Å². The number of likely N-dealkylation sites (tertiary alicyclic amines) is 1. The number of aliphatic hydroxyl groups is 1. The molecule has 1 aliphatic rings. The third kappa shape index (κ3) is 4.07. The highest BCUT2D eigenvalue weighted by Crippen LogP contribution is 2.28. The minimum absolute atomic E-state index is 0.0560. The molecule has 5 nitrogen and oxygen atoms in total. The molecule has 2 rings (SSSR count). The maximum atomic E-state index is 12.3. The minimum atomic E-state index is -3.34. The third-order valence-electron chi connectivity index (χ3n) is 4.26. The Morgan fingerprint density at radius 3 is 2.64 bits per heavy atom. The number of aliphatic hydroxyl groups excluding tert-OH is 1. The summed E-state index contributed by atoms with van der Waals surface area (Å²) in [5.74, 6) is 0.0560. The van der Waals surface area contributed by atoms with E-state index in [0.29, 0.717) is 12.1 Å². The summed E-state index contributed by atoms with van der Waals surface area (Å²) in [7, 11) is -3.34. The largest absolute Gasteiger partial charge is 0.396 e. The molecule has 6 heteroatoms. The van der Waals surface area contributed by atoms with Gasteiger partial charge in [0.2, 0.25) is 0 Å². The molecular weight excluding hydrogens is 300 g/mol. The van der Waals surface area contributed by atoms with Crippen molar-refractivity contribution in [3.63, 3.8) is 0 Å². The lowest BCUT2D eigenvalue weighted by Crippen LogP contribution is -2.45. The average Bonchev–Trinajstić information content (AvgIpc) is 2.53. The number of rotatable bonds is 5. The Labute approximate surface area is 132 Å². The van der Waals surface area contributed by atoms with E-state index in [-0.39, 0.29) is 22.7 Å². The molecule has 0 bridgehead atoms. The summed E-state index contributed by atoms with van der Waals surface area (Å²) >= 11 is 0. The van der Waals surface area contributed by atoms with Crippen LogP contribution in [0.5, 0.6) is 0 Å². The van der Waals surface area contributed by atoms with E-state index in [9.17, 15) is 13.5 Å². The van der Waals surface area contributed by atoms with E-state index in [1.165, 1.54) is 24.3 Å². The van der Waals surface area contributed by atoms with Crippen LogP contribution >= 0.6 is 0 Å². The van der Waals surface area contributed by atoms with Gasteiger partial charge < -0.3 is 10.0 Å². The molecule has 1 aliphatic heterocycles. The van der Waals surface area contributed by atoms with Crippen LogP contribution in [0.15, 0.2) is 29.2 Å². The van der Waals surface area contributed by atoms with Crippen molar-refractivity contribution in [1.29, 1.82) is 5.26 Å². The number of piperidine rings is 1. The molecule has 0 aromatic heterocycles. The maximum Gasteiger partial charge on any atom is 0.179 e. The molecule has 1 saturated heterocycles. The summed E-state index contributed by atoms with van der Waals surface area (Å²) in [6.07, 6.45) is 1.95. The second-order valence-electron chi connectivity index (χ2n) is 6.30. The highest BCUT2D eigenvalue weighted by molar-refractivity contribution is 7.91. The first kappa shape index (κ1) is 16.9. The van der Waals surface area contributed by atoms with Crippen molar-refractivity contribution in [2.45, 2.75) is 24.7 Å². The molecule has 1 heterocycles. The van der Waals surface area contributed by atoms with Crippen molar-refractivity contribution in [2.24, 2.45) is 5.41 Å². The van der Waals surface area contributed by atoms with Crippen molar-refractivity contribution < 1.29 is 13.5 Å². The van der Waals surface area contributed by atoms with E-state index in [1.54, 1.807) is 0 Å². The van der Waals surface area contributed by atoms with Crippen LogP contribution < -0.4 is 0 Å². The van der Waals surface area contributed by atoms with Crippen LogP contribution in [0.2, 0.25) is 0 Å². The highest BCUT2D eigenvalue weighted by atomic mass is 32.2. The van der Waals surface area contributed by atoms with Crippen LogP contribution in [0, 0.1) is 16.7 Å². The summed E-state index contributed by atoms with van der Waals surface area (Å²) in [5.41, 5.74) is 0.324. The number of benzene rings is 1. The first-order chi connectivity index (χ1) is 10.4. The van der Waals surface area contributed by atoms with Crippen LogP contribution in [0.4, 0.5) is 0 Å². The fraction of sp³-hybridized carbons (Fsp3) is 0.562.